The number of rotatable bonds is 3. The van der Waals surface area contributed by atoms with Crippen molar-refractivity contribution in [3.63, 3.8) is 0 Å². The number of piperidine rings is 1. The van der Waals surface area contributed by atoms with E-state index in [9.17, 15) is 19.2 Å². The van der Waals surface area contributed by atoms with Gasteiger partial charge in [-0.2, -0.15) is 0 Å². The zero-order valence-electron chi connectivity index (χ0n) is 22.8. The maximum absolute atomic E-state index is 13.2. The average molecular weight is 549 g/mol. The van der Waals surface area contributed by atoms with E-state index in [1.54, 1.807) is 9.80 Å². The second-order valence-corrected chi connectivity index (χ2v) is 10.6. The van der Waals surface area contributed by atoms with Gasteiger partial charge in [0.15, 0.2) is 0 Å². The van der Waals surface area contributed by atoms with Crippen molar-refractivity contribution in [1.82, 2.24) is 20.0 Å². The van der Waals surface area contributed by atoms with E-state index in [0.717, 1.165) is 17.5 Å². The van der Waals surface area contributed by atoms with Crippen LogP contribution in [0.1, 0.15) is 37.3 Å². The van der Waals surface area contributed by atoms with Crippen molar-refractivity contribution in [3.8, 4) is 11.5 Å². The predicted octanol–water partition coefficient (Wildman–Crippen LogP) is 2.11. The number of benzene rings is 2. The molecule has 0 aliphatic carbocycles. The molecule has 0 spiro atoms. The molecule has 40 heavy (non-hydrogen) atoms. The zero-order chi connectivity index (χ0) is 28.1. The summed E-state index contributed by atoms with van der Waals surface area (Å²) < 4.78 is 12.4. The largest absolute Gasteiger partial charge is 0.457 e. The molecule has 2 atom stereocenters. The van der Waals surface area contributed by atoms with Gasteiger partial charge in [0.25, 0.3) is 0 Å². The molecule has 4 bridgehead atoms. The van der Waals surface area contributed by atoms with E-state index in [1.165, 1.54) is 4.90 Å². The number of carbonyl (C=O) groups is 4. The minimum Gasteiger partial charge on any atom is -0.457 e. The van der Waals surface area contributed by atoms with Crippen LogP contribution >= 0.6 is 0 Å². The Kier molecular flexibility index (Phi) is 8.64. The highest BCUT2D eigenvalue weighted by Crippen LogP contribution is 2.25. The molecule has 1 N–H and O–H groups in total. The van der Waals surface area contributed by atoms with E-state index >= 15 is 0 Å². The number of fused-ring (bicyclic) bond motifs is 5. The van der Waals surface area contributed by atoms with Gasteiger partial charge in [0.1, 0.15) is 11.5 Å². The van der Waals surface area contributed by atoms with Crippen LogP contribution in [0.5, 0.6) is 11.5 Å². The van der Waals surface area contributed by atoms with Gasteiger partial charge in [0.2, 0.25) is 23.6 Å². The standard InChI is InChI=1S/C30H36N4O6/c1-2-32-18-27(35)31-25-17-34(30(38)19-33-12-5-10-28(33)36)13-11-26(25)39-20-22-7-4-9-24(15-22)40-23-8-3-6-21(14-23)16-29(32)37/h3-4,6-9,14-15,25-26H,2,5,10-13,16-20H2,1H3,(H,31,35)/t25-,26-/m0/s1. The molecule has 3 heterocycles. The van der Waals surface area contributed by atoms with E-state index in [0.29, 0.717) is 50.6 Å². The lowest BCUT2D eigenvalue weighted by atomic mass is 10.0. The summed E-state index contributed by atoms with van der Waals surface area (Å²) in [6, 6.07) is 14.6. The molecule has 2 fully saturated rings. The van der Waals surface area contributed by atoms with Crippen LogP contribution in [-0.4, -0.2) is 89.7 Å². The molecule has 2 aromatic rings. The molecule has 4 amide bonds. The van der Waals surface area contributed by atoms with E-state index in [2.05, 4.69) is 5.32 Å². The third kappa shape index (κ3) is 6.80. The van der Waals surface area contributed by atoms with Gasteiger partial charge in [0, 0.05) is 32.6 Å². The number of likely N-dealkylation sites (tertiary alicyclic amines) is 2. The van der Waals surface area contributed by atoms with Crippen LogP contribution in [0.15, 0.2) is 48.5 Å². The van der Waals surface area contributed by atoms with Gasteiger partial charge in [0.05, 0.1) is 38.3 Å². The molecule has 2 aromatic carbocycles. The van der Waals surface area contributed by atoms with Crippen molar-refractivity contribution in [3.05, 3.63) is 59.7 Å². The minimum atomic E-state index is -0.460. The third-order valence-corrected chi connectivity index (χ3v) is 7.67. The molecule has 10 nitrogen and oxygen atoms in total. The van der Waals surface area contributed by atoms with E-state index < -0.39 is 6.04 Å². The van der Waals surface area contributed by atoms with Crippen LogP contribution in [0.3, 0.4) is 0 Å². The molecule has 0 saturated carbocycles. The first-order chi connectivity index (χ1) is 19.4. The normalized spacial score (nSPS) is 22.3. The molecular formula is C30H36N4O6. The maximum Gasteiger partial charge on any atom is 0.242 e. The summed E-state index contributed by atoms with van der Waals surface area (Å²) in [5.74, 6) is 0.684. The fourth-order valence-electron chi connectivity index (χ4n) is 5.48. The number of ether oxygens (including phenoxy) is 2. The second-order valence-electron chi connectivity index (χ2n) is 10.6. The topological polar surface area (TPSA) is 108 Å². The number of amides is 4. The summed E-state index contributed by atoms with van der Waals surface area (Å²) in [7, 11) is 0. The van der Waals surface area contributed by atoms with Crippen molar-refractivity contribution < 1.29 is 28.7 Å². The molecule has 10 heteroatoms. The Morgan fingerprint density at radius 2 is 1.73 bits per heavy atom. The Balaban J connectivity index is 1.36. The summed E-state index contributed by atoms with van der Waals surface area (Å²) in [6.07, 6.45) is 1.59. The van der Waals surface area contributed by atoms with Crippen LogP contribution in [0.4, 0.5) is 0 Å². The first-order valence-corrected chi connectivity index (χ1v) is 14.0. The second kappa shape index (κ2) is 12.5. The monoisotopic (exact) mass is 548 g/mol. The lowest BCUT2D eigenvalue weighted by Gasteiger charge is -2.39. The maximum atomic E-state index is 13.2. The Bertz CT molecular complexity index is 1270. The highest BCUT2D eigenvalue weighted by atomic mass is 16.5. The van der Waals surface area contributed by atoms with Crippen LogP contribution < -0.4 is 10.1 Å². The molecule has 3 aliphatic heterocycles. The first kappa shape index (κ1) is 27.6. The van der Waals surface area contributed by atoms with Crippen LogP contribution in [-0.2, 0) is 36.9 Å². The molecule has 0 aromatic heterocycles. The Labute approximate surface area is 234 Å². The molecule has 212 valence electrons. The van der Waals surface area contributed by atoms with Gasteiger partial charge in [-0.05, 0) is 55.2 Å². The predicted molar refractivity (Wildman–Crippen MR) is 146 cm³/mol. The van der Waals surface area contributed by atoms with E-state index in [4.69, 9.17) is 9.47 Å². The Hall–Kier alpha value is -3.92. The smallest absolute Gasteiger partial charge is 0.242 e. The number of hydrogen-bond donors (Lipinski definition) is 1. The van der Waals surface area contributed by atoms with Crippen molar-refractivity contribution in [1.29, 1.82) is 0 Å². The lowest BCUT2D eigenvalue weighted by molar-refractivity contribution is -0.142. The summed E-state index contributed by atoms with van der Waals surface area (Å²) >= 11 is 0. The zero-order valence-corrected chi connectivity index (χ0v) is 22.8. The summed E-state index contributed by atoms with van der Waals surface area (Å²) in [6.45, 7) is 3.83. The highest BCUT2D eigenvalue weighted by Gasteiger charge is 2.35. The summed E-state index contributed by atoms with van der Waals surface area (Å²) in [4.78, 5) is 56.2. The molecule has 2 saturated heterocycles. The van der Waals surface area contributed by atoms with E-state index in [1.807, 2.05) is 55.5 Å². The quantitative estimate of drug-likeness (QED) is 0.630. The van der Waals surface area contributed by atoms with Crippen LogP contribution in [0, 0.1) is 0 Å². The Morgan fingerprint density at radius 3 is 2.45 bits per heavy atom. The van der Waals surface area contributed by atoms with Crippen molar-refractivity contribution >= 4 is 23.6 Å². The Morgan fingerprint density at radius 1 is 0.975 bits per heavy atom. The van der Waals surface area contributed by atoms with Gasteiger partial charge in [-0.1, -0.05) is 24.3 Å². The minimum absolute atomic E-state index is 0.00221. The molecular weight excluding hydrogens is 512 g/mol. The number of nitrogens with one attached hydrogen (secondary N) is 1. The number of nitrogens with zero attached hydrogens (tertiary/aromatic N) is 3. The SMILES string of the molecule is CCN1CC(=O)N[C@H]2CN(C(=O)CN3CCCC3=O)CC[C@@H]2OCc2cccc(c2)Oc2cccc(c2)CC1=O. The number of likely N-dealkylation sites (N-methyl/N-ethyl adjacent to an activating group) is 1. The fraction of sp³-hybridized carbons (Fsp3) is 0.467. The summed E-state index contributed by atoms with van der Waals surface area (Å²) in [5, 5.41) is 3.04. The van der Waals surface area contributed by atoms with Gasteiger partial charge >= 0.3 is 0 Å². The van der Waals surface area contributed by atoms with Crippen molar-refractivity contribution in [2.45, 2.75) is 51.4 Å². The van der Waals surface area contributed by atoms with Gasteiger partial charge in [-0.3, -0.25) is 19.2 Å². The average Bonchev–Trinajstić information content (AvgIpc) is 3.34. The third-order valence-electron chi connectivity index (χ3n) is 7.67. The first-order valence-electron chi connectivity index (χ1n) is 14.0. The lowest BCUT2D eigenvalue weighted by Crippen LogP contribution is -2.59. The van der Waals surface area contributed by atoms with Crippen LogP contribution in [0.2, 0.25) is 0 Å². The molecule has 5 rings (SSSR count). The summed E-state index contributed by atoms with van der Waals surface area (Å²) in [5.41, 5.74) is 1.71. The molecule has 0 radical (unpaired) electrons. The highest BCUT2D eigenvalue weighted by molar-refractivity contribution is 5.87. The van der Waals surface area contributed by atoms with Crippen molar-refractivity contribution in [2.75, 3.05) is 39.3 Å². The number of carbonyl (C=O) groups excluding carboxylic acids is 4. The van der Waals surface area contributed by atoms with Gasteiger partial charge in [-0.25, -0.2) is 0 Å². The molecule has 0 unspecified atom stereocenters. The van der Waals surface area contributed by atoms with Gasteiger partial charge in [-0.15, -0.1) is 0 Å². The molecule has 3 aliphatic rings. The number of hydrogen-bond acceptors (Lipinski definition) is 6. The van der Waals surface area contributed by atoms with Crippen LogP contribution in [0.25, 0.3) is 0 Å². The van der Waals surface area contributed by atoms with Crippen molar-refractivity contribution in [2.24, 2.45) is 0 Å². The van der Waals surface area contributed by atoms with E-state index in [-0.39, 0.29) is 55.8 Å². The fourth-order valence-corrected chi connectivity index (χ4v) is 5.48. The van der Waals surface area contributed by atoms with Gasteiger partial charge < -0.3 is 29.5 Å².